The Labute approximate surface area is 195 Å². The van der Waals surface area contributed by atoms with Crippen molar-refractivity contribution in [1.82, 2.24) is 18.8 Å². The molecule has 0 aliphatic carbocycles. The summed E-state index contributed by atoms with van der Waals surface area (Å²) in [6.45, 7) is 10.8. The van der Waals surface area contributed by atoms with Gasteiger partial charge in [0, 0.05) is 38.9 Å². The molecule has 0 unspecified atom stereocenters. The van der Waals surface area contributed by atoms with Crippen molar-refractivity contribution in [2.24, 2.45) is 18.9 Å². The minimum absolute atomic E-state index is 0.0411. The van der Waals surface area contributed by atoms with E-state index in [1.54, 1.807) is 10.4 Å². The van der Waals surface area contributed by atoms with E-state index in [-0.39, 0.29) is 5.91 Å². The number of aryl methyl sites for hydroxylation is 1. The Balaban J connectivity index is 1.63. The Kier molecular flexibility index (Phi) is 6.53. The molecule has 32 heavy (non-hydrogen) atoms. The largest absolute Gasteiger partial charge is 0.345 e. The van der Waals surface area contributed by atoms with Crippen LogP contribution in [-0.2, 0) is 17.1 Å². The predicted molar refractivity (Wildman–Crippen MR) is 127 cm³/mol. The van der Waals surface area contributed by atoms with Crippen molar-refractivity contribution in [3.05, 3.63) is 22.3 Å². The van der Waals surface area contributed by atoms with Crippen LogP contribution in [0.15, 0.2) is 11.0 Å². The number of hydrogen-bond donors (Lipinski definition) is 0. The summed E-state index contributed by atoms with van der Waals surface area (Å²) < 4.78 is 30.2. The number of hydrogen-bond acceptors (Lipinski definition) is 5. The van der Waals surface area contributed by atoms with Crippen LogP contribution in [0.1, 0.15) is 60.6 Å². The molecule has 2 aromatic rings. The van der Waals surface area contributed by atoms with Crippen LogP contribution in [0.5, 0.6) is 0 Å². The van der Waals surface area contributed by atoms with Crippen LogP contribution in [0.2, 0.25) is 0 Å². The number of piperidine rings is 2. The summed E-state index contributed by atoms with van der Waals surface area (Å²) in [5.74, 6) is 1.26. The molecule has 0 aromatic carbocycles. The van der Waals surface area contributed by atoms with E-state index in [1.807, 2.05) is 30.4 Å². The third-order valence-corrected chi connectivity index (χ3v) is 10.3. The van der Waals surface area contributed by atoms with E-state index >= 15 is 0 Å². The molecule has 2 saturated heterocycles. The van der Waals surface area contributed by atoms with E-state index < -0.39 is 10.0 Å². The fourth-order valence-corrected chi connectivity index (χ4v) is 7.39. The van der Waals surface area contributed by atoms with Crippen LogP contribution >= 0.6 is 11.3 Å². The Bertz CT molecular complexity index is 1100. The highest BCUT2D eigenvalue weighted by Gasteiger charge is 2.32. The molecule has 0 N–H and O–H groups in total. The van der Waals surface area contributed by atoms with Crippen LogP contribution < -0.4 is 0 Å². The zero-order chi connectivity index (χ0) is 23.2. The van der Waals surface area contributed by atoms with E-state index in [0.717, 1.165) is 44.5 Å². The van der Waals surface area contributed by atoms with Gasteiger partial charge in [0.05, 0.1) is 11.4 Å². The van der Waals surface area contributed by atoms with Crippen molar-refractivity contribution in [2.75, 3.05) is 26.2 Å². The van der Waals surface area contributed by atoms with Crippen molar-refractivity contribution in [3.8, 4) is 10.7 Å². The maximum Gasteiger partial charge on any atom is 0.265 e. The maximum atomic E-state index is 13.4. The predicted octanol–water partition coefficient (Wildman–Crippen LogP) is 4.06. The molecule has 2 fully saturated rings. The molecule has 0 spiro atoms. The maximum absolute atomic E-state index is 13.4. The first-order valence-electron chi connectivity index (χ1n) is 11.5. The molecule has 0 atom stereocenters. The van der Waals surface area contributed by atoms with Gasteiger partial charge in [0.1, 0.15) is 14.8 Å². The number of nitrogens with zero attached hydrogens (tertiary/aromatic N) is 4. The number of likely N-dealkylation sites (tertiary alicyclic amines) is 1. The van der Waals surface area contributed by atoms with Gasteiger partial charge in [0.15, 0.2) is 0 Å². The van der Waals surface area contributed by atoms with Crippen molar-refractivity contribution in [3.63, 3.8) is 0 Å². The number of amides is 1. The van der Waals surface area contributed by atoms with Gasteiger partial charge in [-0.25, -0.2) is 13.4 Å². The highest BCUT2D eigenvalue weighted by atomic mass is 32.2. The van der Waals surface area contributed by atoms with Gasteiger partial charge in [-0.15, -0.1) is 11.3 Å². The van der Waals surface area contributed by atoms with Gasteiger partial charge in [-0.2, -0.15) is 4.31 Å². The third-order valence-electron chi connectivity index (χ3n) is 7.13. The van der Waals surface area contributed by atoms with Crippen molar-refractivity contribution < 1.29 is 13.2 Å². The molecule has 9 heteroatoms. The quantitative estimate of drug-likeness (QED) is 0.664. The number of carbonyl (C=O) groups is 1. The molecule has 0 bridgehead atoms. The Morgan fingerprint density at radius 1 is 1.03 bits per heavy atom. The Morgan fingerprint density at radius 2 is 1.59 bits per heavy atom. The monoisotopic (exact) mass is 478 g/mol. The number of aromatic nitrogens is 2. The number of sulfonamides is 1. The smallest absolute Gasteiger partial charge is 0.265 e. The van der Waals surface area contributed by atoms with E-state index in [0.29, 0.717) is 51.1 Å². The molecule has 2 aliphatic heterocycles. The van der Waals surface area contributed by atoms with Crippen LogP contribution in [0, 0.1) is 25.7 Å². The second kappa shape index (κ2) is 8.91. The van der Waals surface area contributed by atoms with Crippen LogP contribution in [0.3, 0.4) is 0 Å². The van der Waals surface area contributed by atoms with Crippen molar-refractivity contribution in [1.29, 1.82) is 0 Å². The van der Waals surface area contributed by atoms with E-state index in [4.69, 9.17) is 0 Å². The normalized spacial score (nSPS) is 19.6. The molecular formula is C23H34N4O3S2. The molecule has 7 nitrogen and oxygen atoms in total. The lowest BCUT2D eigenvalue weighted by Gasteiger charge is -2.30. The summed E-state index contributed by atoms with van der Waals surface area (Å²) in [6.07, 6.45) is 3.85. The first-order chi connectivity index (χ1) is 15.1. The second-order valence-corrected chi connectivity index (χ2v) is 12.4. The van der Waals surface area contributed by atoms with Crippen molar-refractivity contribution >= 4 is 27.3 Å². The average Bonchev–Trinajstić information content (AvgIpc) is 3.28. The standard InChI is InChI=1S/C23H34N4O3S2/c1-15-6-10-26(11-7-15)23(28)21-17(3)24-22(31-21)19-14-20(18(4)25(19)5)32(29,30)27-12-8-16(2)9-13-27/h14-16H,6-13H2,1-5H3. The van der Waals surface area contributed by atoms with Gasteiger partial charge in [0.25, 0.3) is 5.91 Å². The highest BCUT2D eigenvalue weighted by molar-refractivity contribution is 7.89. The molecule has 2 aromatic heterocycles. The van der Waals surface area contributed by atoms with Gasteiger partial charge >= 0.3 is 0 Å². The first kappa shape index (κ1) is 23.4. The lowest BCUT2D eigenvalue weighted by molar-refractivity contribution is 0.0701. The lowest BCUT2D eigenvalue weighted by Crippen LogP contribution is -2.38. The van der Waals surface area contributed by atoms with Gasteiger partial charge in [0.2, 0.25) is 10.0 Å². The SMILES string of the molecule is Cc1nc(-c2cc(S(=O)(=O)N3CCC(C)CC3)c(C)n2C)sc1C(=O)N1CCC(C)CC1. The number of carbonyl (C=O) groups excluding carboxylic acids is 1. The summed E-state index contributed by atoms with van der Waals surface area (Å²) in [7, 11) is -1.69. The summed E-state index contributed by atoms with van der Waals surface area (Å²) in [6, 6.07) is 1.73. The van der Waals surface area contributed by atoms with Gasteiger partial charge in [-0.05, 0) is 57.4 Å². The zero-order valence-electron chi connectivity index (χ0n) is 19.7. The molecule has 2 aliphatic rings. The minimum atomic E-state index is -3.55. The van der Waals surface area contributed by atoms with Gasteiger partial charge < -0.3 is 9.47 Å². The summed E-state index contributed by atoms with van der Waals surface area (Å²) in [5, 5.41) is 0.690. The fraction of sp³-hybridized carbons (Fsp3) is 0.652. The molecular weight excluding hydrogens is 444 g/mol. The third kappa shape index (κ3) is 4.26. The Hall–Kier alpha value is -1.71. The first-order valence-corrected chi connectivity index (χ1v) is 13.8. The van der Waals surface area contributed by atoms with E-state index in [1.165, 1.54) is 11.3 Å². The molecule has 1 amide bonds. The average molecular weight is 479 g/mol. The minimum Gasteiger partial charge on any atom is -0.345 e. The number of rotatable bonds is 4. The van der Waals surface area contributed by atoms with Crippen LogP contribution in [0.4, 0.5) is 0 Å². The second-order valence-electron chi connectivity index (χ2n) is 9.53. The lowest BCUT2D eigenvalue weighted by atomic mass is 9.99. The summed E-state index contributed by atoms with van der Waals surface area (Å²) in [5.41, 5.74) is 2.15. The number of thiazole rings is 1. The molecule has 0 saturated carbocycles. The molecule has 4 rings (SSSR count). The van der Waals surface area contributed by atoms with Gasteiger partial charge in [-0.1, -0.05) is 13.8 Å². The van der Waals surface area contributed by atoms with Gasteiger partial charge in [-0.3, -0.25) is 4.79 Å². The summed E-state index contributed by atoms with van der Waals surface area (Å²) in [4.78, 5) is 20.7. The topological polar surface area (TPSA) is 75.5 Å². The van der Waals surface area contributed by atoms with Crippen LogP contribution in [0.25, 0.3) is 10.7 Å². The highest BCUT2D eigenvalue weighted by Crippen LogP contribution is 2.35. The summed E-state index contributed by atoms with van der Waals surface area (Å²) >= 11 is 1.37. The zero-order valence-corrected chi connectivity index (χ0v) is 21.4. The molecule has 4 heterocycles. The fourth-order valence-electron chi connectivity index (χ4n) is 4.56. The van der Waals surface area contributed by atoms with Crippen molar-refractivity contribution in [2.45, 2.75) is 58.3 Å². The molecule has 176 valence electrons. The van der Waals surface area contributed by atoms with E-state index in [9.17, 15) is 13.2 Å². The van der Waals surface area contributed by atoms with Crippen LogP contribution in [-0.4, -0.2) is 59.3 Å². The molecule has 0 radical (unpaired) electrons. The Morgan fingerprint density at radius 3 is 2.19 bits per heavy atom. The van der Waals surface area contributed by atoms with E-state index in [2.05, 4.69) is 18.8 Å².